The molecule has 0 bridgehead atoms. The van der Waals surface area contributed by atoms with Crippen LogP contribution in [0.25, 0.3) is 0 Å². The molecule has 1 heterocycles. The number of thiocarbonyl (C=S) groups is 1. The zero-order valence-electron chi connectivity index (χ0n) is 14.1. The number of hydrogen-bond donors (Lipinski definition) is 2. The third-order valence-corrected chi connectivity index (χ3v) is 3.95. The van der Waals surface area contributed by atoms with Gasteiger partial charge in [-0.1, -0.05) is 24.3 Å². The maximum Gasteiger partial charge on any atom is 0.175 e. The Morgan fingerprint density at radius 1 is 1.08 bits per heavy atom. The van der Waals surface area contributed by atoms with E-state index in [1.165, 1.54) is 6.07 Å². The van der Waals surface area contributed by atoms with E-state index < -0.39 is 0 Å². The Morgan fingerprint density at radius 3 is 2.60 bits per heavy atom. The smallest absolute Gasteiger partial charge is 0.175 e. The molecule has 0 amide bonds. The van der Waals surface area contributed by atoms with Crippen LogP contribution in [0.3, 0.4) is 0 Å². The van der Waals surface area contributed by atoms with Gasteiger partial charge in [-0.15, -0.1) is 0 Å². The molecule has 0 fully saturated rings. The van der Waals surface area contributed by atoms with Crippen LogP contribution in [0.2, 0.25) is 0 Å². The van der Waals surface area contributed by atoms with E-state index in [1.54, 1.807) is 18.2 Å². The summed E-state index contributed by atoms with van der Waals surface area (Å²) in [6, 6.07) is 16.4. The number of aromatic nitrogens is 2. The molecule has 25 heavy (non-hydrogen) atoms. The Labute approximate surface area is 151 Å². The second kappa shape index (κ2) is 7.44. The highest BCUT2D eigenvalue weighted by Crippen LogP contribution is 2.16. The van der Waals surface area contributed by atoms with E-state index in [1.807, 2.05) is 42.8 Å². The van der Waals surface area contributed by atoms with Crippen LogP contribution in [0.1, 0.15) is 17.0 Å². The van der Waals surface area contributed by atoms with Gasteiger partial charge in [0.1, 0.15) is 5.82 Å². The lowest BCUT2D eigenvalue weighted by Gasteiger charge is -2.12. The minimum Gasteiger partial charge on any atom is -0.332 e. The number of aryl methyl sites for hydroxylation is 2. The predicted octanol–water partition coefficient (Wildman–Crippen LogP) is 4.50. The summed E-state index contributed by atoms with van der Waals surface area (Å²) in [4.78, 5) is 0. The van der Waals surface area contributed by atoms with Gasteiger partial charge in [-0.25, -0.2) is 4.39 Å². The van der Waals surface area contributed by atoms with Gasteiger partial charge >= 0.3 is 0 Å². The number of rotatable bonds is 4. The molecule has 6 heteroatoms. The average Bonchev–Trinajstić information content (AvgIpc) is 2.87. The topological polar surface area (TPSA) is 41.9 Å². The van der Waals surface area contributed by atoms with Gasteiger partial charge in [-0.05, 0) is 62.0 Å². The molecular weight excluding hydrogens is 335 g/mol. The molecule has 0 aliphatic heterocycles. The molecule has 2 N–H and O–H groups in total. The summed E-state index contributed by atoms with van der Waals surface area (Å²) < 4.78 is 15.6. The first-order chi connectivity index (χ1) is 12.0. The van der Waals surface area contributed by atoms with Gasteiger partial charge in [0.15, 0.2) is 5.11 Å². The van der Waals surface area contributed by atoms with Gasteiger partial charge in [0.05, 0.1) is 17.9 Å². The Balaban J connectivity index is 1.68. The summed E-state index contributed by atoms with van der Waals surface area (Å²) in [5, 5.41) is 10.8. The van der Waals surface area contributed by atoms with E-state index in [0.29, 0.717) is 17.3 Å². The largest absolute Gasteiger partial charge is 0.332 e. The number of para-hydroxylation sites is 1. The summed E-state index contributed by atoms with van der Waals surface area (Å²) in [7, 11) is 0. The quantitative estimate of drug-likeness (QED) is 0.677. The number of benzene rings is 2. The van der Waals surface area contributed by atoms with Crippen LogP contribution in [0, 0.1) is 19.7 Å². The first-order valence-corrected chi connectivity index (χ1v) is 8.34. The van der Waals surface area contributed by atoms with Crippen molar-refractivity contribution in [1.82, 2.24) is 9.78 Å². The van der Waals surface area contributed by atoms with Crippen LogP contribution in [-0.2, 0) is 6.54 Å². The van der Waals surface area contributed by atoms with E-state index in [2.05, 4.69) is 21.8 Å². The van der Waals surface area contributed by atoms with Gasteiger partial charge in [0.2, 0.25) is 0 Å². The Bertz CT molecular complexity index is 904. The number of nitrogens with zero attached hydrogens (tertiary/aromatic N) is 2. The zero-order valence-corrected chi connectivity index (χ0v) is 14.9. The van der Waals surface area contributed by atoms with Crippen molar-refractivity contribution in [3.63, 3.8) is 0 Å². The van der Waals surface area contributed by atoms with Gasteiger partial charge in [0.25, 0.3) is 0 Å². The first kappa shape index (κ1) is 17.1. The Morgan fingerprint density at radius 2 is 1.88 bits per heavy atom. The average molecular weight is 354 g/mol. The molecule has 2 aromatic carbocycles. The Hall–Kier alpha value is -2.73. The molecule has 0 spiro atoms. The van der Waals surface area contributed by atoms with Crippen LogP contribution >= 0.6 is 12.2 Å². The van der Waals surface area contributed by atoms with Crippen LogP contribution in [0.15, 0.2) is 54.6 Å². The molecular formula is C19H19FN4S. The van der Waals surface area contributed by atoms with Crippen molar-refractivity contribution in [1.29, 1.82) is 0 Å². The highest BCUT2D eigenvalue weighted by molar-refractivity contribution is 7.80. The van der Waals surface area contributed by atoms with Crippen LogP contribution in [0.5, 0.6) is 0 Å². The number of nitrogens with one attached hydrogen (secondary N) is 2. The van der Waals surface area contributed by atoms with Crippen LogP contribution in [0.4, 0.5) is 15.8 Å². The summed E-state index contributed by atoms with van der Waals surface area (Å²) in [6.45, 7) is 4.70. The molecule has 0 aliphatic rings. The van der Waals surface area contributed by atoms with Crippen molar-refractivity contribution < 1.29 is 4.39 Å². The van der Waals surface area contributed by atoms with Gasteiger partial charge in [-0.2, -0.15) is 5.10 Å². The number of halogens is 1. The zero-order chi connectivity index (χ0) is 17.8. The van der Waals surface area contributed by atoms with Gasteiger partial charge < -0.3 is 10.6 Å². The van der Waals surface area contributed by atoms with Crippen molar-refractivity contribution in [2.24, 2.45) is 0 Å². The van der Waals surface area contributed by atoms with Crippen molar-refractivity contribution in [2.75, 3.05) is 10.6 Å². The minimum atomic E-state index is -0.343. The molecule has 0 aliphatic carbocycles. The van der Waals surface area contributed by atoms with Crippen LogP contribution in [-0.4, -0.2) is 14.9 Å². The molecule has 3 rings (SSSR count). The fourth-order valence-corrected chi connectivity index (χ4v) is 2.83. The molecule has 0 unspecified atom stereocenters. The maximum atomic E-state index is 13.7. The highest BCUT2D eigenvalue weighted by atomic mass is 32.1. The van der Waals surface area contributed by atoms with Crippen molar-refractivity contribution in [3.05, 3.63) is 77.4 Å². The standard InChI is InChI=1S/C19H19FN4S/c1-13-10-14(2)24(23-13)12-15-6-5-7-16(11-15)21-19(25)22-18-9-4-3-8-17(18)20/h3-11H,12H2,1-2H3,(H2,21,22,25). The highest BCUT2D eigenvalue weighted by Gasteiger charge is 2.05. The third kappa shape index (κ3) is 4.42. The fourth-order valence-electron chi connectivity index (χ4n) is 2.60. The SMILES string of the molecule is Cc1cc(C)n(Cc2cccc(NC(=S)Nc3ccccc3F)c2)n1. The van der Waals surface area contributed by atoms with Crippen molar-refractivity contribution in [2.45, 2.75) is 20.4 Å². The summed E-state index contributed by atoms with van der Waals surface area (Å²) in [6.07, 6.45) is 0. The lowest BCUT2D eigenvalue weighted by Crippen LogP contribution is -2.19. The third-order valence-electron chi connectivity index (χ3n) is 3.74. The van der Waals surface area contributed by atoms with E-state index >= 15 is 0 Å². The lowest BCUT2D eigenvalue weighted by atomic mass is 10.2. The van der Waals surface area contributed by atoms with Crippen molar-refractivity contribution in [3.8, 4) is 0 Å². The molecule has 0 saturated heterocycles. The lowest BCUT2D eigenvalue weighted by molar-refractivity contribution is 0.632. The molecule has 0 radical (unpaired) electrons. The molecule has 128 valence electrons. The molecule has 1 aromatic heterocycles. The number of anilines is 2. The van der Waals surface area contributed by atoms with Gasteiger partial charge in [0, 0.05) is 11.4 Å². The first-order valence-electron chi connectivity index (χ1n) is 7.94. The minimum absolute atomic E-state index is 0.341. The van der Waals surface area contributed by atoms with E-state index in [-0.39, 0.29) is 5.82 Å². The van der Waals surface area contributed by atoms with E-state index in [4.69, 9.17) is 12.2 Å². The summed E-state index contributed by atoms with van der Waals surface area (Å²) in [5.74, 6) is -0.343. The van der Waals surface area contributed by atoms with Gasteiger partial charge in [-0.3, -0.25) is 4.68 Å². The maximum absolute atomic E-state index is 13.7. The number of hydrogen-bond acceptors (Lipinski definition) is 2. The predicted molar refractivity (Wildman–Crippen MR) is 103 cm³/mol. The Kier molecular flexibility index (Phi) is 5.09. The van der Waals surface area contributed by atoms with E-state index in [0.717, 1.165) is 22.6 Å². The monoisotopic (exact) mass is 354 g/mol. The van der Waals surface area contributed by atoms with Crippen molar-refractivity contribution >= 4 is 28.7 Å². The fraction of sp³-hybridized carbons (Fsp3) is 0.158. The van der Waals surface area contributed by atoms with Crippen LogP contribution < -0.4 is 10.6 Å². The molecule has 0 saturated carbocycles. The second-order valence-corrected chi connectivity index (χ2v) is 6.25. The molecule has 3 aromatic rings. The normalized spacial score (nSPS) is 10.5. The summed E-state index contributed by atoms with van der Waals surface area (Å²) in [5.41, 5.74) is 4.41. The molecule has 0 atom stereocenters. The summed E-state index contributed by atoms with van der Waals surface area (Å²) >= 11 is 5.27. The molecule has 4 nitrogen and oxygen atoms in total. The van der Waals surface area contributed by atoms with E-state index in [9.17, 15) is 4.39 Å². The second-order valence-electron chi connectivity index (χ2n) is 5.84.